The van der Waals surface area contributed by atoms with Crippen molar-refractivity contribution in [3.05, 3.63) is 53.5 Å². The lowest BCUT2D eigenvalue weighted by atomic mass is 9.89. The van der Waals surface area contributed by atoms with Crippen molar-refractivity contribution in [3.63, 3.8) is 0 Å². The fourth-order valence-electron chi connectivity index (χ4n) is 4.37. The zero-order chi connectivity index (χ0) is 19.0. The molecular weight excluding hydrogens is 347 g/mol. The van der Waals surface area contributed by atoms with Gasteiger partial charge in [0.25, 0.3) is 0 Å². The molecule has 0 aliphatic carbocycles. The van der Waals surface area contributed by atoms with Crippen LogP contribution in [0.1, 0.15) is 17.3 Å². The van der Waals surface area contributed by atoms with E-state index in [0.717, 1.165) is 30.2 Å². The summed E-state index contributed by atoms with van der Waals surface area (Å²) in [4.78, 5) is 16.7. The third kappa shape index (κ3) is 3.39. The highest BCUT2D eigenvalue weighted by Crippen LogP contribution is 2.45. The van der Waals surface area contributed by atoms with E-state index < -0.39 is 0 Å². The van der Waals surface area contributed by atoms with Crippen LogP contribution in [0.2, 0.25) is 0 Å². The Labute approximate surface area is 157 Å². The van der Waals surface area contributed by atoms with E-state index in [9.17, 15) is 9.18 Å². The maximum absolute atomic E-state index is 13.9. The van der Waals surface area contributed by atoms with Gasteiger partial charge in [0, 0.05) is 38.6 Å². The first-order valence-electron chi connectivity index (χ1n) is 9.16. The molecule has 1 aromatic heterocycles. The number of likely N-dealkylation sites (tertiary alicyclic amines) is 1. The molecule has 2 aromatic rings. The molecule has 3 atom stereocenters. The van der Waals surface area contributed by atoms with Gasteiger partial charge in [-0.05, 0) is 36.8 Å². The Kier molecular flexibility index (Phi) is 4.78. The van der Waals surface area contributed by atoms with Gasteiger partial charge in [0.1, 0.15) is 12.4 Å². The number of methoxy groups -OCH3 is 1. The lowest BCUT2D eigenvalue weighted by Crippen LogP contribution is -2.37. The predicted molar refractivity (Wildman–Crippen MR) is 98.7 cm³/mol. The number of carbonyl (C=O) groups excluding carboxylic acids is 1. The smallest absolute Gasteiger partial charge is 0.249 e. The predicted octanol–water partition coefficient (Wildman–Crippen LogP) is 2.21. The molecule has 6 nitrogen and oxygen atoms in total. The first kappa shape index (κ1) is 17.9. The number of rotatable bonds is 4. The van der Waals surface area contributed by atoms with Gasteiger partial charge in [0.15, 0.2) is 5.82 Å². The van der Waals surface area contributed by atoms with Crippen molar-refractivity contribution in [1.82, 2.24) is 15.1 Å². The van der Waals surface area contributed by atoms with Gasteiger partial charge in [-0.15, -0.1) is 5.10 Å². The Hall–Kier alpha value is -2.54. The Morgan fingerprint density at radius 2 is 2.07 bits per heavy atom. The molecule has 4 rings (SSSR count). The highest BCUT2D eigenvalue weighted by atomic mass is 19.1. The largest absolute Gasteiger partial charge is 0.375 e. The van der Waals surface area contributed by atoms with E-state index in [0.29, 0.717) is 12.5 Å². The van der Waals surface area contributed by atoms with E-state index in [1.807, 2.05) is 30.0 Å². The first-order valence-corrected chi connectivity index (χ1v) is 9.16. The Morgan fingerprint density at radius 1 is 1.22 bits per heavy atom. The SMILES string of the molecule is COCC(=O)N1C[C@H]2CN(c3ccc(C)nn3)C[C@H]2[C@@H]1c1cccc(F)c1. The van der Waals surface area contributed by atoms with Gasteiger partial charge in [-0.2, -0.15) is 5.10 Å². The lowest BCUT2D eigenvalue weighted by molar-refractivity contribution is -0.136. The van der Waals surface area contributed by atoms with Crippen molar-refractivity contribution in [1.29, 1.82) is 0 Å². The molecule has 2 fully saturated rings. The topological polar surface area (TPSA) is 58.6 Å². The Bertz CT molecular complexity index is 829. The fourth-order valence-corrected chi connectivity index (χ4v) is 4.37. The van der Waals surface area contributed by atoms with E-state index in [2.05, 4.69) is 15.1 Å². The third-order valence-electron chi connectivity index (χ3n) is 5.55. The summed E-state index contributed by atoms with van der Waals surface area (Å²) in [6.07, 6.45) is 0. The molecule has 0 saturated carbocycles. The van der Waals surface area contributed by atoms with Crippen LogP contribution in [0, 0.1) is 24.6 Å². The third-order valence-corrected chi connectivity index (χ3v) is 5.55. The average molecular weight is 370 g/mol. The molecule has 1 amide bonds. The number of aromatic nitrogens is 2. The van der Waals surface area contributed by atoms with E-state index >= 15 is 0 Å². The molecule has 0 N–H and O–H groups in total. The summed E-state index contributed by atoms with van der Waals surface area (Å²) in [5.41, 5.74) is 1.72. The summed E-state index contributed by atoms with van der Waals surface area (Å²) in [5, 5.41) is 8.45. The van der Waals surface area contributed by atoms with Gasteiger partial charge in [-0.25, -0.2) is 4.39 Å². The molecule has 0 radical (unpaired) electrons. The number of hydrogen-bond acceptors (Lipinski definition) is 5. The Morgan fingerprint density at radius 3 is 2.78 bits per heavy atom. The van der Waals surface area contributed by atoms with Gasteiger partial charge in [-0.3, -0.25) is 4.79 Å². The minimum atomic E-state index is -0.283. The molecule has 1 aromatic carbocycles. The lowest BCUT2D eigenvalue weighted by Gasteiger charge is -2.30. The molecule has 0 spiro atoms. The number of benzene rings is 1. The van der Waals surface area contributed by atoms with Crippen molar-refractivity contribution < 1.29 is 13.9 Å². The summed E-state index contributed by atoms with van der Waals surface area (Å²) in [6.45, 7) is 4.17. The number of ether oxygens (including phenoxy) is 1. The molecule has 0 unspecified atom stereocenters. The average Bonchev–Trinajstić information content (AvgIpc) is 3.20. The molecule has 3 heterocycles. The number of anilines is 1. The summed E-state index contributed by atoms with van der Waals surface area (Å²) in [7, 11) is 1.52. The van der Waals surface area contributed by atoms with Crippen molar-refractivity contribution >= 4 is 11.7 Å². The minimum absolute atomic E-state index is 0.0401. The van der Waals surface area contributed by atoms with Crippen molar-refractivity contribution in [2.75, 3.05) is 38.3 Å². The number of amides is 1. The van der Waals surface area contributed by atoms with Gasteiger partial charge in [0.2, 0.25) is 5.91 Å². The second-order valence-corrected chi connectivity index (χ2v) is 7.34. The normalized spacial score (nSPS) is 24.3. The van der Waals surface area contributed by atoms with Crippen molar-refractivity contribution in [3.8, 4) is 0 Å². The first-order chi connectivity index (χ1) is 13.1. The molecule has 27 heavy (non-hydrogen) atoms. The van der Waals surface area contributed by atoms with Gasteiger partial charge < -0.3 is 14.5 Å². The summed E-state index contributed by atoms with van der Waals surface area (Å²) >= 11 is 0. The maximum atomic E-state index is 13.9. The number of carbonyl (C=O) groups is 1. The van der Waals surface area contributed by atoms with Crippen LogP contribution in [-0.4, -0.2) is 54.4 Å². The van der Waals surface area contributed by atoms with E-state index in [-0.39, 0.29) is 30.3 Å². The Balaban J connectivity index is 1.62. The van der Waals surface area contributed by atoms with Gasteiger partial charge in [-0.1, -0.05) is 12.1 Å². The number of halogens is 1. The van der Waals surface area contributed by atoms with E-state index in [1.54, 1.807) is 6.07 Å². The standard InChI is InChI=1S/C20H23FN4O2/c1-13-6-7-18(23-22-13)24-9-15-10-25(19(26)12-27-2)20(17(15)11-24)14-4-3-5-16(21)8-14/h3-8,15,17,20H,9-12H2,1-2H3/t15-,17-,20+/m1/s1. The molecule has 7 heteroatoms. The number of aryl methyl sites for hydroxylation is 1. The van der Waals surface area contributed by atoms with Crippen LogP contribution in [0.4, 0.5) is 10.2 Å². The van der Waals surface area contributed by atoms with Gasteiger partial charge >= 0.3 is 0 Å². The summed E-state index contributed by atoms with van der Waals surface area (Å²) in [5.74, 6) is 1.04. The number of fused-ring (bicyclic) bond motifs is 1. The van der Waals surface area contributed by atoms with Crippen LogP contribution in [0.3, 0.4) is 0 Å². The van der Waals surface area contributed by atoms with Crippen molar-refractivity contribution in [2.45, 2.75) is 13.0 Å². The quantitative estimate of drug-likeness (QED) is 0.826. The van der Waals surface area contributed by atoms with Crippen molar-refractivity contribution in [2.24, 2.45) is 11.8 Å². The molecule has 2 saturated heterocycles. The monoisotopic (exact) mass is 370 g/mol. The molecule has 0 bridgehead atoms. The highest BCUT2D eigenvalue weighted by molar-refractivity contribution is 5.78. The van der Waals surface area contributed by atoms with Crippen LogP contribution >= 0.6 is 0 Å². The van der Waals surface area contributed by atoms with Crippen LogP contribution < -0.4 is 4.90 Å². The molecule has 2 aliphatic rings. The van der Waals surface area contributed by atoms with Crippen LogP contribution in [0.5, 0.6) is 0 Å². The van der Waals surface area contributed by atoms with Crippen LogP contribution in [0.25, 0.3) is 0 Å². The van der Waals surface area contributed by atoms with E-state index in [1.165, 1.54) is 19.2 Å². The minimum Gasteiger partial charge on any atom is -0.375 e. The second-order valence-electron chi connectivity index (χ2n) is 7.34. The van der Waals surface area contributed by atoms with E-state index in [4.69, 9.17) is 4.74 Å². The maximum Gasteiger partial charge on any atom is 0.249 e. The molecule has 142 valence electrons. The highest BCUT2D eigenvalue weighted by Gasteiger charge is 2.49. The van der Waals surface area contributed by atoms with Crippen LogP contribution in [-0.2, 0) is 9.53 Å². The fraction of sp³-hybridized carbons (Fsp3) is 0.450. The van der Waals surface area contributed by atoms with Gasteiger partial charge in [0.05, 0.1) is 11.7 Å². The zero-order valence-corrected chi connectivity index (χ0v) is 15.5. The summed E-state index contributed by atoms with van der Waals surface area (Å²) < 4.78 is 18.9. The number of hydrogen-bond donors (Lipinski definition) is 0. The number of nitrogens with zero attached hydrogens (tertiary/aromatic N) is 4. The molecular formula is C20H23FN4O2. The second kappa shape index (κ2) is 7.23. The summed E-state index contributed by atoms with van der Waals surface area (Å²) in [6, 6.07) is 10.3. The molecule has 2 aliphatic heterocycles. The zero-order valence-electron chi connectivity index (χ0n) is 15.5. The van der Waals surface area contributed by atoms with Crippen LogP contribution in [0.15, 0.2) is 36.4 Å².